The van der Waals surface area contributed by atoms with Crippen LogP contribution in [0.3, 0.4) is 0 Å². The van der Waals surface area contributed by atoms with Gasteiger partial charge in [-0.15, -0.1) is 11.3 Å². The van der Waals surface area contributed by atoms with E-state index in [0.29, 0.717) is 69.0 Å². The molecule has 6 fully saturated rings. The van der Waals surface area contributed by atoms with E-state index in [1.54, 1.807) is 19.2 Å². The van der Waals surface area contributed by atoms with E-state index in [1.807, 2.05) is 41.5 Å². The number of morpholine rings is 1. The summed E-state index contributed by atoms with van der Waals surface area (Å²) in [5.41, 5.74) is 3.59. The van der Waals surface area contributed by atoms with Crippen LogP contribution in [-0.2, 0) is 26.0 Å². The first-order chi connectivity index (χ1) is 41.9. The largest absolute Gasteiger partial charge is 0.493 e. The average Bonchev–Trinajstić information content (AvgIpc) is 1.56. The van der Waals surface area contributed by atoms with Crippen molar-refractivity contribution in [1.29, 1.82) is 0 Å². The molecule has 24 heteroatoms. The molecule has 2 aliphatic carbocycles. The minimum atomic E-state index is -4.70. The van der Waals surface area contributed by atoms with Crippen molar-refractivity contribution in [2.45, 2.75) is 126 Å². The number of anilines is 5. The van der Waals surface area contributed by atoms with Crippen molar-refractivity contribution in [3.63, 3.8) is 0 Å². The van der Waals surface area contributed by atoms with Crippen LogP contribution in [0.4, 0.5) is 38.6 Å². The van der Waals surface area contributed by atoms with Crippen molar-refractivity contribution >= 4 is 72.6 Å². The molecule has 6 aromatic rings. The number of halogens is 1. The van der Waals surface area contributed by atoms with Crippen molar-refractivity contribution in [2.24, 2.45) is 11.3 Å². The minimum absolute atomic E-state index is 0.0173. The minimum Gasteiger partial charge on any atom is -0.493 e. The standard InChI is InChI=1S/C63H78FN11O10S2/c1-39(2)45-12-26-86-57(45)54-37-70(36-41-27-55(82-4)59(67-34-41)72-21-24-83-25-22-72)19-20-73(54)43-31-63(32-43)15-17-71(18-16-63)42-5-7-46(51(28-42)74-50-11-23-84-38-56(50)85-61-53(74)30-47-48(64)35-66-58(47)68-61)60(76)69-87(80,81)44-6-8-49(52(29-44)75(78)79)65-33-40-9-13-62(3,77)14-10-40/h5-8,12,26-30,34-35,39-40,43,50,54,56,65,77H,9-11,13-25,31-33,36-38H2,1-4H3,(H,66,68)(H,69,76)/t40?,50-,54-,56-,62?/m0/s1. The zero-order valence-corrected chi connectivity index (χ0v) is 51.5. The number of sulfonamides is 1. The first-order valence-electron chi connectivity index (χ1n) is 30.8. The number of aromatic amines is 1. The van der Waals surface area contributed by atoms with E-state index >= 15 is 4.39 Å². The molecule has 4 saturated heterocycles. The summed E-state index contributed by atoms with van der Waals surface area (Å²) >= 11 is 1.88. The molecule has 13 rings (SSSR count). The van der Waals surface area contributed by atoms with Crippen LogP contribution in [0.25, 0.3) is 11.0 Å². The number of hydrogen-bond donors (Lipinski definition) is 4. The predicted octanol–water partition coefficient (Wildman–Crippen LogP) is 9.50. The molecule has 0 bridgehead atoms. The molecule has 1 amide bonds. The summed E-state index contributed by atoms with van der Waals surface area (Å²) in [6.07, 6.45) is 10.0. The van der Waals surface area contributed by atoms with Crippen molar-refractivity contribution in [1.82, 2.24) is 29.5 Å². The Kier molecular flexibility index (Phi) is 16.4. The average molecular weight is 1230 g/mol. The molecule has 21 nitrogen and oxygen atoms in total. The van der Waals surface area contributed by atoms with E-state index in [-0.39, 0.29) is 52.1 Å². The Morgan fingerprint density at radius 3 is 2.52 bits per heavy atom. The summed E-state index contributed by atoms with van der Waals surface area (Å²) < 4.78 is 70.2. The van der Waals surface area contributed by atoms with Crippen LogP contribution >= 0.6 is 11.3 Å². The Balaban J connectivity index is 0.745. The number of fused-ring (bicyclic) bond motifs is 3. The Morgan fingerprint density at radius 2 is 1.76 bits per heavy atom. The Morgan fingerprint density at radius 1 is 0.966 bits per heavy atom. The summed E-state index contributed by atoms with van der Waals surface area (Å²) in [6.45, 7) is 15.4. The molecule has 0 unspecified atom stereocenters. The summed E-state index contributed by atoms with van der Waals surface area (Å²) in [7, 11) is -2.98. The highest BCUT2D eigenvalue weighted by Crippen LogP contribution is 2.54. The number of H-pyrrole nitrogens is 1. The topological polar surface area (TPSA) is 233 Å². The number of thiophene rings is 1. The molecule has 7 aliphatic rings. The first kappa shape index (κ1) is 59.3. The van der Waals surface area contributed by atoms with Crippen LogP contribution in [0, 0.1) is 27.3 Å². The fraction of sp³-hybridized carbons (Fsp3) is 0.540. The van der Waals surface area contributed by atoms with Gasteiger partial charge in [-0.1, -0.05) is 13.8 Å². The number of nitrogens with zero attached hydrogens (tertiary/aromatic N) is 8. The SMILES string of the molecule is COc1cc(CN2CCN(C3CC4(CCN(c5ccc(C(=O)NS(=O)(=O)c6ccc(NCC7CCC(C)(O)CC7)c([N+](=O)[O-])c6)c(N6c7cc8c(F)c[nH]c8nc7O[C@H]7COCC[C@@H]76)c5)CC4)C3)[C@H](c3sccc3C(C)C)C2)cnc1N1CCOCC1. The van der Waals surface area contributed by atoms with Crippen molar-refractivity contribution < 1.29 is 46.6 Å². The van der Waals surface area contributed by atoms with E-state index < -0.39 is 55.0 Å². The van der Waals surface area contributed by atoms with Gasteiger partial charge in [0, 0.05) is 101 Å². The number of ether oxygens (including phenoxy) is 4. The second-order valence-electron chi connectivity index (χ2n) is 25.6. The van der Waals surface area contributed by atoms with Gasteiger partial charge in [0.1, 0.15) is 28.9 Å². The lowest BCUT2D eigenvalue weighted by atomic mass is 9.59. The van der Waals surface area contributed by atoms with Crippen LogP contribution in [-0.4, -0.2) is 159 Å². The van der Waals surface area contributed by atoms with Gasteiger partial charge in [-0.05, 0) is 147 Å². The van der Waals surface area contributed by atoms with Gasteiger partial charge in [0.2, 0.25) is 5.88 Å². The number of aromatic nitrogens is 3. The molecule has 9 heterocycles. The molecule has 87 heavy (non-hydrogen) atoms. The number of benzene rings is 2. The molecule has 5 aliphatic heterocycles. The molecule has 2 saturated carbocycles. The van der Waals surface area contributed by atoms with Crippen LogP contribution in [0.2, 0.25) is 0 Å². The van der Waals surface area contributed by atoms with Gasteiger partial charge in [0.25, 0.3) is 21.6 Å². The van der Waals surface area contributed by atoms with Gasteiger partial charge < -0.3 is 49.1 Å². The molecule has 4 aromatic heterocycles. The van der Waals surface area contributed by atoms with Crippen LogP contribution in [0.1, 0.15) is 117 Å². The van der Waals surface area contributed by atoms with E-state index in [9.17, 15) is 28.4 Å². The number of methoxy groups -OCH3 is 1. The van der Waals surface area contributed by atoms with E-state index in [2.05, 4.69) is 66.0 Å². The number of nitrogens with one attached hydrogen (secondary N) is 3. The van der Waals surface area contributed by atoms with Gasteiger partial charge in [-0.2, -0.15) is 4.98 Å². The number of piperazine rings is 1. The van der Waals surface area contributed by atoms with Gasteiger partial charge in [0.05, 0.1) is 71.1 Å². The Labute approximate surface area is 510 Å². The maximum Gasteiger partial charge on any atom is 0.293 e. The zero-order chi connectivity index (χ0) is 60.4. The third-order valence-electron chi connectivity index (χ3n) is 19.6. The van der Waals surface area contributed by atoms with E-state index in [4.69, 9.17) is 28.9 Å². The lowest BCUT2D eigenvalue weighted by Gasteiger charge is -2.58. The molecule has 3 atom stereocenters. The monoisotopic (exact) mass is 1230 g/mol. The summed E-state index contributed by atoms with van der Waals surface area (Å²) in [5, 5.41) is 28.5. The number of hydrogen-bond acceptors (Lipinski definition) is 19. The summed E-state index contributed by atoms with van der Waals surface area (Å²) in [4.78, 5) is 52.1. The smallest absolute Gasteiger partial charge is 0.293 e. The van der Waals surface area contributed by atoms with Gasteiger partial charge in [-0.25, -0.2) is 22.5 Å². The number of pyridine rings is 2. The Bertz CT molecular complexity index is 3640. The van der Waals surface area contributed by atoms with Crippen LogP contribution < -0.4 is 34.2 Å². The fourth-order valence-electron chi connectivity index (χ4n) is 14.6. The normalized spacial score (nSPS) is 24.6. The van der Waals surface area contributed by atoms with E-state index in [1.165, 1.54) is 28.8 Å². The second-order valence-corrected chi connectivity index (χ2v) is 28.2. The highest BCUT2D eigenvalue weighted by molar-refractivity contribution is 7.90. The number of nitro groups is 1. The fourth-order valence-corrected chi connectivity index (χ4v) is 16.8. The number of amides is 1. The highest BCUT2D eigenvalue weighted by Gasteiger charge is 2.51. The molecule has 0 radical (unpaired) electrons. The summed E-state index contributed by atoms with van der Waals surface area (Å²) in [5.74, 6) is 0.962. The number of nitro benzene ring substituents is 1. The molecular formula is C63H78FN11O10S2. The van der Waals surface area contributed by atoms with Gasteiger partial charge >= 0.3 is 0 Å². The number of carbonyl (C=O) groups excluding carboxylic acids is 1. The highest BCUT2D eigenvalue weighted by atomic mass is 32.2. The van der Waals surface area contributed by atoms with Gasteiger partial charge in [-0.3, -0.25) is 24.7 Å². The third kappa shape index (κ3) is 11.9. The second kappa shape index (κ2) is 24.0. The van der Waals surface area contributed by atoms with Crippen molar-refractivity contribution in [2.75, 3.05) is 106 Å². The molecule has 1 spiro atoms. The van der Waals surface area contributed by atoms with Gasteiger partial charge in [0.15, 0.2) is 11.6 Å². The Hall–Kier alpha value is -6.67. The number of aliphatic hydroxyl groups is 1. The maximum absolute atomic E-state index is 15.5. The molecule has 464 valence electrons. The maximum atomic E-state index is 15.5. The number of carbonyl (C=O) groups is 1. The quantitative estimate of drug-likeness (QED) is 0.0522. The zero-order valence-electron chi connectivity index (χ0n) is 49.8. The molecule has 4 N–H and O–H groups in total. The number of piperidine rings is 1. The van der Waals surface area contributed by atoms with Crippen molar-refractivity contribution in [3.8, 4) is 11.6 Å². The lowest BCUT2D eigenvalue weighted by molar-refractivity contribution is -0.384. The first-order valence-corrected chi connectivity index (χ1v) is 33.1. The summed E-state index contributed by atoms with van der Waals surface area (Å²) in [6, 6.07) is 15.3. The lowest BCUT2D eigenvalue weighted by Crippen LogP contribution is -2.59. The predicted molar refractivity (Wildman–Crippen MR) is 331 cm³/mol. The number of rotatable bonds is 16. The van der Waals surface area contributed by atoms with Crippen molar-refractivity contribution in [3.05, 3.63) is 110 Å². The molecular weight excluding hydrogens is 1150 g/mol. The third-order valence-corrected chi connectivity index (χ3v) is 22.0. The van der Waals surface area contributed by atoms with Crippen LogP contribution in [0.5, 0.6) is 11.6 Å². The van der Waals surface area contributed by atoms with Crippen LogP contribution in [0.15, 0.2) is 77.3 Å². The molecule has 2 aromatic carbocycles. The van der Waals surface area contributed by atoms with E-state index in [0.717, 1.165) is 120 Å².